The fourth-order valence-corrected chi connectivity index (χ4v) is 2.85. The lowest BCUT2D eigenvalue weighted by Gasteiger charge is -2.12. The van der Waals surface area contributed by atoms with E-state index in [2.05, 4.69) is 40.7 Å². The van der Waals surface area contributed by atoms with Gasteiger partial charge in [-0.3, -0.25) is 5.43 Å². The number of hydrogen-bond donors (Lipinski definition) is 2. The van der Waals surface area contributed by atoms with Gasteiger partial charge in [-0.25, -0.2) is 0 Å². The average molecular weight is 235 g/mol. The van der Waals surface area contributed by atoms with Crippen LogP contribution in [0, 0.1) is 0 Å². The van der Waals surface area contributed by atoms with Gasteiger partial charge in [0.25, 0.3) is 0 Å². The lowest BCUT2D eigenvalue weighted by atomic mass is 10.0. The van der Waals surface area contributed by atoms with Crippen molar-refractivity contribution in [2.45, 2.75) is 0 Å². The fraction of sp³-hybridized carbons (Fsp3) is 0. The molecule has 3 aromatic rings. The monoisotopic (exact) mass is 235 g/mol. The van der Waals surface area contributed by atoms with Crippen molar-refractivity contribution in [3.05, 3.63) is 48.2 Å². The highest BCUT2D eigenvalue weighted by atomic mass is 16.7. The Balaban J connectivity index is 2.06. The van der Waals surface area contributed by atoms with Gasteiger partial charge in [-0.05, 0) is 18.2 Å². The van der Waals surface area contributed by atoms with Crippen LogP contribution >= 0.6 is 0 Å². The predicted octanol–water partition coefficient (Wildman–Crippen LogP) is 2.89. The SMILES string of the molecule is C1=C2ON(N1)c1ccc3[nH]c4ccccc4c3c12. The molecule has 2 aromatic carbocycles. The van der Waals surface area contributed by atoms with Gasteiger partial charge in [0.15, 0.2) is 5.76 Å². The van der Waals surface area contributed by atoms with Crippen LogP contribution in [0.15, 0.2) is 42.6 Å². The maximum atomic E-state index is 5.64. The minimum absolute atomic E-state index is 0.889. The molecule has 0 saturated heterocycles. The number of nitrogens with one attached hydrogen (secondary N) is 2. The van der Waals surface area contributed by atoms with Gasteiger partial charge in [0.2, 0.25) is 0 Å². The predicted molar refractivity (Wildman–Crippen MR) is 70.5 cm³/mol. The Morgan fingerprint density at radius 2 is 1.94 bits per heavy atom. The zero-order valence-electron chi connectivity index (χ0n) is 9.40. The van der Waals surface area contributed by atoms with Gasteiger partial charge in [-0.15, -0.1) is 5.17 Å². The van der Waals surface area contributed by atoms with Crippen LogP contribution in [-0.4, -0.2) is 4.98 Å². The zero-order chi connectivity index (χ0) is 11.7. The number of hydrogen-bond acceptors (Lipinski definition) is 3. The third kappa shape index (κ3) is 0.808. The molecular weight excluding hydrogens is 226 g/mol. The number of hydrazine groups is 1. The summed E-state index contributed by atoms with van der Waals surface area (Å²) >= 11 is 0. The third-order valence-corrected chi connectivity index (χ3v) is 3.62. The molecule has 2 aliphatic rings. The van der Waals surface area contributed by atoms with E-state index in [-0.39, 0.29) is 0 Å². The second kappa shape index (κ2) is 2.61. The summed E-state index contributed by atoms with van der Waals surface area (Å²) in [7, 11) is 0. The molecule has 4 heteroatoms. The van der Waals surface area contributed by atoms with E-state index in [0.29, 0.717) is 0 Å². The van der Waals surface area contributed by atoms with E-state index in [9.17, 15) is 0 Å². The number of para-hydroxylation sites is 1. The summed E-state index contributed by atoms with van der Waals surface area (Å²) in [4.78, 5) is 9.08. The first-order chi connectivity index (χ1) is 8.92. The summed E-state index contributed by atoms with van der Waals surface area (Å²) in [5.41, 5.74) is 7.61. The Bertz CT molecular complexity index is 847. The number of aromatic amines is 1. The molecule has 0 aliphatic carbocycles. The van der Waals surface area contributed by atoms with Crippen molar-refractivity contribution in [2.24, 2.45) is 0 Å². The first-order valence-corrected chi connectivity index (χ1v) is 5.90. The van der Waals surface area contributed by atoms with Crippen LogP contribution in [0.25, 0.3) is 27.6 Å². The normalized spacial score (nSPS) is 15.8. The second-order valence-electron chi connectivity index (χ2n) is 4.58. The minimum Gasteiger partial charge on any atom is -0.357 e. The molecule has 2 aliphatic heterocycles. The topological polar surface area (TPSA) is 40.3 Å². The quantitative estimate of drug-likeness (QED) is 0.629. The number of H-pyrrole nitrogens is 1. The summed E-state index contributed by atoms with van der Waals surface area (Å²) in [5.74, 6) is 0.889. The van der Waals surface area contributed by atoms with E-state index in [1.807, 2.05) is 12.3 Å². The Morgan fingerprint density at radius 1 is 1.00 bits per heavy atom. The van der Waals surface area contributed by atoms with E-state index in [1.165, 1.54) is 16.3 Å². The highest BCUT2D eigenvalue weighted by molar-refractivity contribution is 6.14. The van der Waals surface area contributed by atoms with Crippen LogP contribution < -0.4 is 10.6 Å². The Labute approximate surface area is 102 Å². The van der Waals surface area contributed by atoms with Gasteiger partial charge >= 0.3 is 0 Å². The second-order valence-corrected chi connectivity index (χ2v) is 4.58. The van der Waals surface area contributed by atoms with Crippen LogP contribution in [0.5, 0.6) is 0 Å². The van der Waals surface area contributed by atoms with E-state index in [0.717, 1.165) is 22.5 Å². The van der Waals surface area contributed by atoms with Gasteiger partial charge in [0.05, 0.1) is 11.8 Å². The smallest absolute Gasteiger partial charge is 0.185 e. The molecular formula is C14H9N3O. The molecule has 0 atom stereocenters. The standard InChI is InChI=1S/C14H9N3O/c1-2-4-9-8(3-1)13-10(16-9)5-6-11-14(13)12-7-15-17(11)18-12/h1-7,15-16H. The highest BCUT2D eigenvalue weighted by Crippen LogP contribution is 2.45. The lowest BCUT2D eigenvalue weighted by molar-refractivity contribution is 0.259. The highest BCUT2D eigenvalue weighted by Gasteiger charge is 2.33. The van der Waals surface area contributed by atoms with Crippen LogP contribution in [0.1, 0.15) is 5.56 Å². The Kier molecular flexibility index (Phi) is 1.23. The molecule has 5 rings (SSSR count). The molecule has 0 saturated carbocycles. The van der Waals surface area contributed by atoms with E-state index >= 15 is 0 Å². The van der Waals surface area contributed by atoms with Crippen molar-refractivity contribution in [1.82, 2.24) is 10.4 Å². The molecule has 3 heterocycles. The van der Waals surface area contributed by atoms with Crippen molar-refractivity contribution in [1.29, 1.82) is 0 Å². The van der Waals surface area contributed by atoms with Crippen LogP contribution in [-0.2, 0) is 4.84 Å². The average Bonchev–Trinajstić information content (AvgIpc) is 3.10. The van der Waals surface area contributed by atoms with E-state index in [1.54, 1.807) is 5.17 Å². The van der Waals surface area contributed by atoms with Crippen LogP contribution in [0.4, 0.5) is 5.69 Å². The Morgan fingerprint density at radius 3 is 2.94 bits per heavy atom. The summed E-state index contributed by atoms with van der Waals surface area (Å²) in [6.45, 7) is 0. The molecule has 0 amide bonds. The van der Waals surface area contributed by atoms with Crippen LogP contribution in [0.2, 0.25) is 0 Å². The van der Waals surface area contributed by atoms with Crippen LogP contribution in [0.3, 0.4) is 0 Å². The van der Waals surface area contributed by atoms with Crippen molar-refractivity contribution in [2.75, 3.05) is 5.17 Å². The number of aromatic nitrogens is 1. The van der Waals surface area contributed by atoms with E-state index in [4.69, 9.17) is 4.84 Å². The first kappa shape index (κ1) is 8.47. The third-order valence-electron chi connectivity index (χ3n) is 3.62. The maximum Gasteiger partial charge on any atom is 0.185 e. The van der Waals surface area contributed by atoms with Gasteiger partial charge in [0.1, 0.15) is 5.69 Å². The lowest BCUT2D eigenvalue weighted by Crippen LogP contribution is -2.26. The number of rotatable bonds is 0. The Hall–Kier alpha value is -2.62. The molecule has 4 nitrogen and oxygen atoms in total. The fourth-order valence-electron chi connectivity index (χ4n) is 2.85. The number of anilines is 1. The molecule has 0 radical (unpaired) electrons. The number of fused-ring (bicyclic) bond motifs is 9. The molecule has 2 bridgehead atoms. The summed E-state index contributed by atoms with van der Waals surface area (Å²) in [5, 5.41) is 4.17. The molecule has 2 N–H and O–H groups in total. The summed E-state index contributed by atoms with van der Waals surface area (Å²) in [6, 6.07) is 12.5. The van der Waals surface area contributed by atoms with Gasteiger partial charge in [0, 0.05) is 21.8 Å². The molecule has 86 valence electrons. The molecule has 0 unspecified atom stereocenters. The number of benzene rings is 2. The van der Waals surface area contributed by atoms with Crippen molar-refractivity contribution >= 4 is 33.3 Å². The van der Waals surface area contributed by atoms with Gasteiger partial charge < -0.3 is 9.82 Å². The van der Waals surface area contributed by atoms with Gasteiger partial charge in [-0.1, -0.05) is 18.2 Å². The zero-order valence-corrected chi connectivity index (χ0v) is 9.40. The summed E-state index contributed by atoms with van der Waals surface area (Å²) < 4.78 is 0. The maximum absolute atomic E-state index is 5.64. The molecule has 1 aromatic heterocycles. The first-order valence-electron chi connectivity index (χ1n) is 5.90. The minimum atomic E-state index is 0.889. The van der Waals surface area contributed by atoms with Crippen molar-refractivity contribution in [3.8, 4) is 0 Å². The molecule has 18 heavy (non-hydrogen) atoms. The van der Waals surface area contributed by atoms with Crippen molar-refractivity contribution in [3.63, 3.8) is 0 Å². The van der Waals surface area contributed by atoms with Gasteiger partial charge in [-0.2, -0.15) is 0 Å². The van der Waals surface area contributed by atoms with Crippen molar-refractivity contribution < 1.29 is 4.84 Å². The molecule has 0 fully saturated rings. The molecule has 0 spiro atoms. The van der Waals surface area contributed by atoms with E-state index < -0.39 is 0 Å². The largest absolute Gasteiger partial charge is 0.357 e. The summed E-state index contributed by atoms with van der Waals surface area (Å²) in [6.07, 6.45) is 1.89. The number of nitrogens with zero attached hydrogens (tertiary/aromatic N) is 1.